The molecular formula is C19H24N4O3S. The highest BCUT2D eigenvalue weighted by Gasteiger charge is 2.14. The van der Waals surface area contributed by atoms with Gasteiger partial charge in [-0.15, -0.1) is 0 Å². The predicted molar refractivity (Wildman–Crippen MR) is 105 cm³/mol. The van der Waals surface area contributed by atoms with Gasteiger partial charge in [-0.1, -0.05) is 24.3 Å². The molecule has 1 aliphatic heterocycles. The van der Waals surface area contributed by atoms with Gasteiger partial charge in [0.25, 0.3) is 0 Å². The molecule has 7 nitrogen and oxygen atoms in total. The number of hydrogen-bond donors (Lipinski definition) is 3. The second-order valence-corrected chi connectivity index (χ2v) is 8.19. The van der Waals surface area contributed by atoms with E-state index in [-0.39, 0.29) is 10.9 Å². The van der Waals surface area contributed by atoms with Crippen molar-refractivity contribution in [2.75, 3.05) is 18.4 Å². The molecule has 0 spiro atoms. The lowest BCUT2D eigenvalue weighted by Gasteiger charge is -2.18. The first kappa shape index (κ1) is 19.3. The average molecular weight is 388 g/mol. The molecule has 0 radical (unpaired) electrons. The van der Waals surface area contributed by atoms with E-state index in [0.29, 0.717) is 12.2 Å². The van der Waals surface area contributed by atoms with E-state index in [1.54, 1.807) is 0 Å². The zero-order valence-corrected chi connectivity index (χ0v) is 15.8. The van der Waals surface area contributed by atoms with Crippen LogP contribution in [0.3, 0.4) is 0 Å². The Hall–Kier alpha value is -2.42. The van der Waals surface area contributed by atoms with Crippen LogP contribution in [0.15, 0.2) is 53.4 Å². The summed E-state index contributed by atoms with van der Waals surface area (Å²) in [6, 6.07) is 13.5. The van der Waals surface area contributed by atoms with Crippen molar-refractivity contribution < 1.29 is 13.2 Å². The number of anilines is 1. The Morgan fingerprint density at radius 2 is 1.63 bits per heavy atom. The van der Waals surface area contributed by atoms with E-state index in [1.165, 1.54) is 42.7 Å². The third-order valence-corrected chi connectivity index (χ3v) is 5.52. The molecule has 8 heteroatoms. The van der Waals surface area contributed by atoms with Crippen LogP contribution in [-0.4, -0.2) is 32.4 Å². The second kappa shape index (κ2) is 8.51. The third-order valence-electron chi connectivity index (χ3n) is 4.59. The van der Waals surface area contributed by atoms with E-state index in [1.807, 2.05) is 18.2 Å². The number of carbonyl (C=O) groups excluding carboxylic acids is 1. The van der Waals surface area contributed by atoms with Crippen LogP contribution in [0.2, 0.25) is 0 Å². The molecule has 0 saturated carbocycles. The van der Waals surface area contributed by atoms with E-state index in [2.05, 4.69) is 21.6 Å². The molecule has 1 aliphatic rings. The number of sulfonamides is 1. The smallest absolute Gasteiger partial charge is 0.319 e. The fraction of sp³-hybridized carbons (Fsp3) is 0.316. The first-order chi connectivity index (χ1) is 12.9. The van der Waals surface area contributed by atoms with Gasteiger partial charge in [0.1, 0.15) is 0 Å². The Kier molecular flexibility index (Phi) is 6.10. The highest BCUT2D eigenvalue weighted by molar-refractivity contribution is 7.89. The van der Waals surface area contributed by atoms with Crippen molar-refractivity contribution in [3.05, 3.63) is 59.7 Å². The molecule has 2 aromatic carbocycles. The lowest BCUT2D eigenvalue weighted by molar-refractivity contribution is 0.251. The first-order valence-electron chi connectivity index (χ1n) is 8.89. The maximum Gasteiger partial charge on any atom is 0.319 e. The average Bonchev–Trinajstić information content (AvgIpc) is 3.14. The highest BCUT2D eigenvalue weighted by atomic mass is 32.2. The van der Waals surface area contributed by atoms with Crippen LogP contribution in [0.5, 0.6) is 0 Å². The molecule has 3 rings (SSSR count). The van der Waals surface area contributed by atoms with Crippen LogP contribution in [0.25, 0.3) is 0 Å². The second-order valence-electron chi connectivity index (χ2n) is 6.63. The van der Waals surface area contributed by atoms with Crippen LogP contribution in [0, 0.1) is 0 Å². The van der Waals surface area contributed by atoms with Crippen LogP contribution in [0.4, 0.5) is 10.5 Å². The van der Waals surface area contributed by atoms with Gasteiger partial charge in [-0.05, 0) is 61.3 Å². The van der Waals surface area contributed by atoms with Gasteiger partial charge in [0.05, 0.1) is 4.90 Å². The molecule has 144 valence electrons. The summed E-state index contributed by atoms with van der Waals surface area (Å²) < 4.78 is 22.5. The van der Waals surface area contributed by atoms with Gasteiger partial charge in [-0.2, -0.15) is 0 Å². The SMILES string of the molecule is NS(=O)(=O)c1ccc(NC(=O)NCc2ccccc2CN2CCCC2)cc1. The zero-order chi connectivity index (χ0) is 19.3. The summed E-state index contributed by atoms with van der Waals surface area (Å²) in [6.45, 7) is 3.56. The number of carbonyl (C=O) groups is 1. The molecule has 2 aromatic rings. The van der Waals surface area contributed by atoms with Crippen LogP contribution in [-0.2, 0) is 23.1 Å². The van der Waals surface area contributed by atoms with E-state index in [9.17, 15) is 13.2 Å². The molecule has 0 aliphatic carbocycles. The number of amides is 2. The molecular weight excluding hydrogens is 364 g/mol. The molecule has 0 bridgehead atoms. The topological polar surface area (TPSA) is 105 Å². The minimum atomic E-state index is -3.74. The van der Waals surface area contributed by atoms with Crippen LogP contribution >= 0.6 is 0 Å². The minimum Gasteiger partial charge on any atom is -0.334 e. The van der Waals surface area contributed by atoms with Gasteiger partial charge in [0.15, 0.2) is 0 Å². The number of primary sulfonamides is 1. The zero-order valence-electron chi connectivity index (χ0n) is 15.0. The van der Waals surface area contributed by atoms with Crippen molar-refractivity contribution >= 4 is 21.7 Å². The lowest BCUT2D eigenvalue weighted by atomic mass is 10.1. The van der Waals surface area contributed by atoms with Crippen LogP contribution in [0.1, 0.15) is 24.0 Å². The number of urea groups is 1. The number of nitrogens with two attached hydrogens (primary N) is 1. The third kappa shape index (κ3) is 5.53. The van der Waals surface area contributed by atoms with Gasteiger partial charge in [0.2, 0.25) is 10.0 Å². The summed E-state index contributed by atoms with van der Waals surface area (Å²) >= 11 is 0. The fourth-order valence-corrected chi connectivity index (χ4v) is 3.66. The van der Waals surface area contributed by atoms with Gasteiger partial charge in [-0.3, -0.25) is 4.90 Å². The Morgan fingerprint density at radius 1 is 1.00 bits per heavy atom. The quantitative estimate of drug-likeness (QED) is 0.706. The number of nitrogens with zero attached hydrogens (tertiary/aromatic N) is 1. The van der Waals surface area contributed by atoms with Crippen LogP contribution < -0.4 is 15.8 Å². The van der Waals surface area contributed by atoms with Crippen molar-refractivity contribution in [3.8, 4) is 0 Å². The van der Waals surface area contributed by atoms with Gasteiger partial charge >= 0.3 is 6.03 Å². The number of nitrogens with one attached hydrogen (secondary N) is 2. The van der Waals surface area contributed by atoms with Gasteiger partial charge in [0, 0.05) is 18.8 Å². The maximum absolute atomic E-state index is 12.1. The van der Waals surface area contributed by atoms with Crippen molar-refractivity contribution in [2.24, 2.45) is 5.14 Å². The van der Waals surface area contributed by atoms with Crippen molar-refractivity contribution in [1.29, 1.82) is 0 Å². The number of benzene rings is 2. The molecule has 1 heterocycles. The fourth-order valence-electron chi connectivity index (χ4n) is 3.14. The van der Waals surface area contributed by atoms with E-state index >= 15 is 0 Å². The molecule has 0 aromatic heterocycles. The van der Waals surface area contributed by atoms with Gasteiger partial charge < -0.3 is 10.6 Å². The largest absolute Gasteiger partial charge is 0.334 e. The van der Waals surface area contributed by atoms with E-state index in [4.69, 9.17) is 5.14 Å². The van der Waals surface area contributed by atoms with E-state index in [0.717, 1.165) is 25.2 Å². The Balaban J connectivity index is 1.56. The molecule has 0 atom stereocenters. The van der Waals surface area contributed by atoms with E-state index < -0.39 is 10.0 Å². The number of rotatable bonds is 6. The summed E-state index contributed by atoms with van der Waals surface area (Å²) in [5, 5.41) is 10.6. The minimum absolute atomic E-state index is 0.00398. The standard InChI is InChI=1S/C19H24N4O3S/c20-27(25,26)18-9-7-17(8-10-18)22-19(24)21-13-15-5-1-2-6-16(15)14-23-11-3-4-12-23/h1-2,5-10H,3-4,11-14H2,(H2,20,25,26)(H2,21,22,24). The Bertz CT molecular complexity index is 891. The lowest BCUT2D eigenvalue weighted by Crippen LogP contribution is -2.29. The normalized spacial score (nSPS) is 14.9. The maximum atomic E-state index is 12.1. The summed E-state index contributed by atoms with van der Waals surface area (Å²) in [7, 11) is -3.74. The molecule has 1 fully saturated rings. The summed E-state index contributed by atoms with van der Waals surface area (Å²) in [4.78, 5) is 14.6. The summed E-state index contributed by atoms with van der Waals surface area (Å²) in [5.74, 6) is 0. The van der Waals surface area contributed by atoms with Crippen molar-refractivity contribution in [3.63, 3.8) is 0 Å². The summed E-state index contributed by atoms with van der Waals surface area (Å²) in [5.41, 5.74) is 2.80. The Morgan fingerprint density at radius 3 is 2.26 bits per heavy atom. The Labute approximate surface area is 159 Å². The number of likely N-dealkylation sites (tertiary alicyclic amines) is 1. The molecule has 0 unspecified atom stereocenters. The van der Waals surface area contributed by atoms with Gasteiger partial charge in [-0.25, -0.2) is 18.4 Å². The molecule has 27 heavy (non-hydrogen) atoms. The van der Waals surface area contributed by atoms with Crippen molar-refractivity contribution in [1.82, 2.24) is 10.2 Å². The molecule has 1 saturated heterocycles. The molecule has 2 amide bonds. The first-order valence-corrected chi connectivity index (χ1v) is 10.4. The predicted octanol–water partition coefficient (Wildman–Crippen LogP) is 2.25. The number of hydrogen-bond acceptors (Lipinski definition) is 4. The molecule has 4 N–H and O–H groups in total. The monoisotopic (exact) mass is 388 g/mol. The van der Waals surface area contributed by atoms with Crippen molar-refractivity contribution in [2.45, 2.75) is 30.8 Å². The highest BCUT2D eigenvalue weighted by Crippen LogP contribution is 2.16. The summed E-state index contributed by atoms with van der Waals surface area (Å²) in [6.07, 6.45) is 2.49.